The van der Waals surface area contributed by atoms with Crippen molar-refractivity contribution in [1.82, 2.24) is 10.2 Å². The summed E-state index contributed by atoms with van der Waals surface area (Å²) in [4.78, 5) is 45.6. The molecule has 0 aromatic heterocycles. The van der Waals surface area contributed by atoms with Crippen molar-refractivity contribution in [2.75, 3.05) is 38.8 Å². The standard InChI is InChI=1S/C54H54FN3O5/c1-62-48-36-40-30-35-58(44-20-10-5-11-21-44)54(47(40)37-49(48)63-2,38-57-51(60)45-22-12-13-23-46(45)52(57)61)33-14-31-53(41-16-6-3-7-17-41,42-18-8-4-9-19-42)32-15-34-56-50(59)29-26-39-24-27-43(55)28-25-39/h3-13,16-25,27-28,36-37H,14-15,26,29-35,38H2,1-2H3,(H,56,59). The number of nitrogens with one attached hydrogen (secondary N) is 1. The Morgan fingerprint density at radius 1 is 0.714 bits per heavy atom. The van der Waals surface area contributed by atoms with Crippen LogP contribution >= 0.6 is 0 Å². The largest absolute Gasteiger partial charge is 0.493 e. The SMILES string of the molecule is COc1cc2c(cc1OC)C(CCCC(CCCNC(=O)CCc1ccc(F)cc1)(c1ccccc1)c1ccccc1)(CN1C(=O)c3ccccc3C1=O)N(c1ccccc1)CC2. The molecule has 322 valence electrons. The van der Waals surface area contributed by atoms with Gasteiger partial charge in [-0.05, 0) is 121 Å². The number of hydrogen-bond donors (Lipinski definition) is 1. The number of anilines is 1. The van der Waals surface area contributed by atoms with E-state index < -0.39 is 11.0 Å². The fourth-order valence-corrected chi connectivity index (χ4v) is 9.98. The molecule has 2 heterocycles. The summed E-state index contributed by atoms with van der Waals surface area (Å²) >= 11 is 0. The Hall–Kier alpha value is -6.74. The zero-order valence-electron chi connectivity index (χ0n) is 36.0. The van der Waals surface area contributed by atoms with Crippen LogP contribution in [0.5, 0.6) is 11.5 Å². The van der Waals surface area contributed by atoms with Crippen LogP contribution in [0.2, 0.25) is 0 Å². The molecule has 0 radical (unpaired) electrons. The minimum Gasteiger partial charge on any atom is -0.493 e. The lowest BCUT2D eigenvalue weighted by molar-refractivity contribution is -0.121. The summed E-state index contributed by atoms with van der Waals surface area (Å²) in [5.74, 6) is 0.300. The minimum absolute atomic E-state index is 0.0385. The molecule has 0 spiro atoms. The van der Waals surface area contributed by atoms with E-state index >= 15 is 0 Å². The average Bonchev–Trinajstić information content (AvgIpc) is 3.57. The maximum Gasteiger partial charge on any atom is 0.261 e. The molecular formula is C54H54FN3O5. The number of imide groups is 1. The van der Waals surface area contributed by atoms with Crippen LogP contribution in [0.25, 0.3) is 0 Å². The molecule has 0 fully saturated rings. The summed E-state index contributed by atoms with van der Waals surface area (Å²) in [6.45, 7) is 1.29. The van der Waals surface area contributed by atoms with E-state index in [1.807, 2.05) is 30.3 Å². The quantitative estimate of drug-likeness (QED) is 0.0685. The van der Waals surface area contributed by atoms with Crippen molar-refractivity contribution in [2.24, 2.45) is 0 Å². The minimum atomic E-state index is -0.862. The first kappa shape index (κ1) is 42.9. The van der Waals surface area contributed by atoms with Gasteiger partial charge in [0.15, 0.2) is 11.5 Å². The second-order valence-electron chi connectivity index (χ2n) is 16.6. The first-order valence-electron chi connectivity index (χ1n) is 21.9. The molecule has 0 aliphatic carbocycles. The summed E-state index contributed by atoms with van der Waals surface area (Å²) in [5, 5.41) is 3.15. The van der Waals surface area contributed by atoms with Crippen molar-refractivity contribution < 1.29 is 28.2 Å². The number of aryl methyl sites for hydroxylation is 1. The first-order chi connectivity index (χ1) is 30.8. The van der Waals surface area contributed by atoms with Crippen molar-refractivity contribution in [3.63, 3.8) is 0 Å². The van der Waals surface area contributed by atoms with Gasteiger partial charge in [-0.25, -0.2) is 4.39 Å². The molecule has 6 aromatic rings. The molecule has 8 nitrogen and oxygen atoms in total. The van der Waals surface area contributed by atoms with E-state index in [0.29, 0.717) is 61.4 Å². The number of para-hydroxylation sites is 1. The van der Waals surface area contributed by atoms with Gasteiger partial charge in [-0.1, -0.05) is 103 Å². The fraction of sp³-hybridized carbons (Fsp3) is 0.278. The number of benzene rings is 6. The fourth-order valence-electron chi connectivity index (χ4n) is 9.98. The Morgan fingerprint density at radius 2 is 1.27 bits per heavy atom. The third-order valence-electron chi connectivity index (χ3n) is 13.1. The second-order valence-corrected chi connectivity index (χ2v) is 16.6. The van der Waals surface area contributed by atoms with Crippen LogP contribution in [-0.2, 0) is 28.6 Å². The summed E-state index contributed by atoms with van der Waals surface area (Å²) in [7, 11) is 3.28. The van der Waals surface area contributed by atoms with Crippen LogP contribution in [0.1, 0.15) is 87.1 Å². The van der Waals surface area contributed by atoms with E-state index in [9.17, 15) is 18.8 Å². The topological polar surface area (TPSA) is 88.2 Å². The zero-order chi connectivity index (χ0) is 43.8. The maximum absolute atomic E-state index is 14.3. The molecular weight excluding hydrogens is 790 g/mol. The number of rotatable bonds is 18. The van der Waals surface area contributed by atoms with Crippen LogP contribution in [-0.4, -0.2) is 56.5 Å². The highest BCUT2D eigenvalue weighted by molar-refractivity contribution is 6.21. The molecule has 0 saturated carbocycles. The van der Waals surface area contributed by atoms with Gasteiger partial charge in [0.25, 0.3) is 11.8 Å². The van der Waals surface area contributed by atoms with Gasteiger partial charge < -0.3 is 19.7 Å². The predicted octanol–water partition coefficient (Wildman–Crippen LogP) is 10.1. The van der Waals surface area contributed by atoms with E-state index in [-0.39, 0.29) is 30.1 Å². The lowest BCUT2D eigenvalue weighted by atomic mass is 9.67. The maximum atomic E-state index is 14.3. The number of nitrogens with zero attached hydrogens (tertiary/aromatic N) is 2. The summed E-state index contributed by atoms with van der Waals surface area (Å²) in [6.07, 6.45) is 5.12. The third kappa shape index (κ3) is 8.83. The number of methoxy groups -OCH3 is 2. The predicted molar refractivity (Wildman–Crippen MR) is 245 cm³/mol. The van der Waals surface area contributed by atoms with Gasteiger partial charge in [0, 0.05) is 30.6 Å². The zero-order valence-corrected chi connectivity index (χ0v) is 36.0. The summed E-state index contributed by atoms with van der Waals surface area (Å²) in [5.41, 5.74) is 5.91. The molecule has 6 aromatic carbocycles. The highest BCUT2D eigenvalue weighted by atomic mass is 19.1. The van der Waals surface area contributed by atoms with E-state index in [1.165, 1.54) is 28.2 Å². The molecule has 3 amide bonds. The molecule has 2 aliphatic rings. The van der Waals surface area contributed by atoms with Crippen molar-refractivity contribution in [3.05, 3.63) is 196 Å². The Bertz CT molecular complexity index is 2460. The molecule has 1 unspecified atom stereocenters. The Kier molecular flexibility index (Phi) is 13.0. The van der Waals surface area contributed by atoms with E-state index in [1.54, 1.807) is 50.6 Å². The van der Waals surface area contributed by atoms with Crippen LogP contribution in [0.4, 0.5) is 10.1 Å². The van der Waals surface area contributed by atoms with Gasteiger partial charge in [-0.15, -0.1) is 0 Å². The van der Waals surface area contributed by atoms with Gasteiger partial charge in [0.05, 0.1) is 37.4 Å². The summed E-state index contributed by atoms with van der Waals surface area (Å²) in [6, 6.07) is 49.0. The molecule has 0 bridgehead atoms. The van der Waals surface area contributed by atoms with E-state index in [0.717, 1.165) is 48.1 Å². The number of hydrogen-bond acceptors (Lipinski definition) is 6. The number of halogens is 1. The molecule has 1 N–H and O–H groups in total. The molecule has 8 rings (SSSR count). The number of fused-ring (bicyclic) bond motifs is 2. The van der Waals surface area contributed by atoms with Crippen molar-refractivity contribution in [3.8, 4) is 11.5 Å². The molecule has 9 heteroatoms. The Labute approximate surface area is 369 Å². The lowest BCUT2D eigenvalue weighted by Gasteiger charge is -2.51. The van der Waals surface area contributed by atoms with Crippen LogP contribution < -0.4 is 19.7 Å². The normalized spacial score (nSPS) is 15.8. The van der Waals surface area contributed by atoms with Crippen molar-refractivity contribution in [1.29, 1.82) is 0 Å². The van der Waals surface area contributed by atoms with Crippen LogP contribution in [0.3, 0.4) is 0 Å². The van der Waals surface area contributed by atoms with Crippen LogP contribution in [0.15, 0.2) is 152 Å². The molecule has 63 heavy (non-hydrogen) atoms. The number of amides is 3. The lowest BCUT2D eigenvalue weighted by Crippen LogP contribution is -2.58. The van der Waals surface area contributed by atoms with Crippen molar-refractivity contribution in [2.45, 2.75) is 62.3 Å². The molecule has 0 saturated heterocycles. The van der Waals surface area contributed by atoms with Gasteiger partial charge >= 0.3 is 0 Å². The van der Waals surface area contributed by atoms with Gasteiger partial charge in [-0.3, -0.25) is 19.3 Å². The number of carbonyl (C=O) groups is 3. The van der Waals surface area contributed by atoms with E-state index in [4.69, 9.17) is 9.47 Å². The van der Waals surface area contributed by atoms with Crippen LogP contribution in [0, 0.1) is 5.82 Å². The third-order valence-corrected chi connectivity index (χ3v) is 13.1. The smallest absolute Gasteiger partial charge is 0.261 e. The van der Waals surface area contributed by atoms with Gasteiger partial charge in [0.2, 0.25) is 5.91 Å². The average molecular weight is 844 g/mol. The van der Waals surface area contributed by atoms with E-state index in [2.05, 4.69) is 83.0 Å². The second kappa shape index (κ2) is 19.1. The first-order valence-corrected chi connectivity index (χ1v) is 21.9. The highest BCUT2D eigenvalue weighted by Crippen LogP contribution is 2.49. The number of ether oxygens (including phenoxy) is 2. The summed E-state index contributed by atoms with van der Waals surface area (Å²) < 4.78 is 25.2. The highest BCUT2D eigenvalue weighted by Gasteiger charge is 2.49. The van der Waals surface area contributed by atoms with Gasteiger partial charge in [0.1, 0.15) is 5.82 Å². The molecule has 1 atom stereocenters. The molecule has 2 aliphatic heterocycles. The Balaban J connectivity index is 1.16. The van der Waals surface area contributed by atoms with Gasteiger partial charge in [-0.2, -0.15) is 0 Å². The monoisotopic (exact) mass is 843 g/mol. The number of carbonyl (C=O) groups excluding carboxylic acids is 3. The Morgan fingerprint density at radius 3 is 1.87 bits per heavy atom. The van der Waals surface area contributed by atoms with Crippen molar-refractivity contribution >= 4 is 23.4 Å².